The molecule has 0 aliphatic heterocycles. The number of hydrogen-bond acceptors (Lipinski definition) is 2. The molecule has 1 aromatic rings. The Bertz CT molecular complexity index is 298. The predicted octanol–water partition coefficient (Wildman–Crippen LogP) is 4.49. The largest absolute Gasteiger partial charge is 0.508 e. The second kappa shape index (κ2) is 10.2. The van der Waals surface area contributed by atoms with Gasteiger partial charge in [0.15, 0.2) is 0 Å². The fourth-order valence-electron chi connectivity index (χ4n) is 1.79. The van der Waals surface area contributed by atoms with Gasteiger partial charge < -0.3 is 9.84 Å². The quantitative estimate of drug-likeness (QED) is 0.501. The zero-order valence-corrected chi connectivity index (χ0v) is 11.7. The van der Waals surface area contributed by atoms with E-state index < -0.39 is 0 Å². The Morgan fingerprint density at radius 3 is 2.17 bits per heavy atom. The molecule has 0 spiro atoms. The van der Waals surface area contributed by atoms with Crippen molar-refractivity contribution in [2.75, 3.05) is 12.5 Å². The summed E-state index contributed by atoms with van der Waals surface area (Å²) in [5.41, 5.74) is 1.11. The maximum absolute atomic E-state index is 9.14. The summed E-state index contributed by atoms with van der Waals surface area (Å²) in [5, 5.41) is 9.14. The van der Waals surface area contributed by atoms with Gasteiger partial charge in [0.05, 0.1) is 6.61 Å². The van der Waals surface area contributed by atoms with Crippen molar-refractivity contribution in [3.63, 3.8) is 0 Å². The molecule has 0 fully saturated rings. The van der Waals surface area contributed by atoms with Crippen LogP contribution in [0.25, 0.3) is 0 Å². The number of phenols is 1. The lowest BCUT2D eigenvalue weighted by Crippen LogP contribution is -1.95. The Balaban J connectivity index is 1.91. The third kappa shape index (κ3) is 7.57. The van der Waals surface area contributed by atoms with Crippen LogP contribution >= 0.6 is 11.6 Å². The molecule has 0 unspecified atom stereocenters. The van der Waals surface area contributed by atoms with Gasteiger partial charge in [0.1, 0.15) is 5.75 Å². The summed E-state index contributed by atoms with van der Waals surface area (Å²) in [6.45, 7) is 1.45. The summed E-state index contributed by atoms with van der Waals surface area (Å²) < 4.78 is 5.58. The van der Waals surface area contributed by atoms with E-state index >= 15 is 0 Å². The molecule has 0 heterocycles. The molecule has 0 saturated heterocycles. The zero-order valence-electron chi connectivity index (χ0n) is 10.9. The first-order valence-electron chi connectivity index (χ1n) is 6.74. The molecule has 0 atom stereocenters. The van der Waals surface area contributed by atoms with Crippen LogP contribution in [0, 0.1) is 0 Å². The summed E-state index contributed by atoms with van der Waals surface area (Å²) >= 11 is 5.62. The zero-order chi connectivity index (χ0) is 13.1. The minimum Gasteiger partial charge on any atom is -0.508 e. The minimum absolute atomic E-state index is 0.302. The van der Waals surface area contributed by atoms with E-state index in [2.05, 4.69) is 0 Å². The average Bonchev–Trinajstić information content (AvgIpc) is 2.39. The smallest absolute Gasteiger partial charge is 0.115 e. The molecular weight excluding hydrogens is 248 g/mol. The number of halogens is 1. The second-order valence-corrected chi connectivity index (χ2v) is 4.91. The minimum atomic E-state index is 0.302. The van der Waals surface area contributed by atoms with Crippen molar-refractivity contribution in [1.29, 1.82) is 0 Å². The predicted molar refractivity (Wildman–Crippen MR) is 76.2 cm³/mol. The molecule has 1 aromatic carbocycles. The molecule has 0 aliphatic carbocycles. The molecule has 18 heavy (non-hydrogen) atoms. The van der Waals surface area contributed by atoms with E-state index in [1.54, 1.807) is 12.1 Å². The van der Waals surface area contributed by atoms with Crippen LogP contribution in [-0.2, 0) is 11.3 Å². The van der Waals surface area contributed by atoms with Gasteiger partial charge in [0.2, 0.25) is 0 Å². The highest BCUT2D eigenvalue weighted by Gasteiger charge is 1.95. The Hall–Kier alpha value is -0.730. The molecule has 0 amide bonds. The van der Waals surface area contributed by atoms with Gasteiger partial charge in [-0.05, 0) is 30.5 Å². The van der Waals surface area contributed by atoms with Crippen LogP contribution in [-0.4, -0.2) is 17.6 Å². The van der Waals surface area contributed by atoms with E-state index in [0.717, 1.165) is 30.9 Å². The Morgan fingerprint density at radius 1 is 0.889 bits per heavy atom. The molecule has 0 radical (unpaired) electrons. The van der Waals surface area contributed by atoms with Gasteiger partial charge in [-0.1, -0.05) is 37.8 Å². The maximum Gasteiger partial charge on any atom is 0.115 e. The molecule has 0 aromatic heterocycles. The summed E-state index contributed by atoms with van der Waals surface area (Å²) in [7, 11) is 0. The molecule has 2 nitrogen and oxygen atoms in total. The van der Waals surface area contributed by atoms with Crippen molar-refractivity contribution < 1.29 is 9.84 Å². The van der Waals surface area contributed by atoms with Crippen LogP contribution < -0.4 is 0 Å². The van der Waals surface area contributed by atoms with Crippen molar-refractivity contribution in [2.45, 2.75) is 45.1 Å². The van der Waals surface area contributed by atoms with E-state index in [4.69, 9.17) is 21.4 Å². The van der Waals surface area contributed by atoms with Crippen LogP contribution in [0.2, 0.25) is 0 Å². The molecule has 1 rings (SSSR count). The van der Waals surface area contributed by atoms with Gasteiger partial charge in [-0.2, -0.15) is 0 Å². The summed E-state index contributed by atoms with van der Waals surface area (Å²) in [6.07, 6.45) is 7.30. The van der Waals surface area contributed by atoms with Crippen molar-refractivity contribution >= 4 is 11.6 Å². The lowest BCUT2D eigenvalue weighted by atomic mass is 10.1. The van der Waals surface area contributed by atoms with E-state index in [9.17, 15) is 0 Å². The number of rotatable bonds is 10. The van der Waals surface area contributed by atoms with E-state index in [0.29, 0.717) is 12.4 Å². The van der Waals surface area contributed by atoms with Crippen LogP contribution in [0.15, 0.2) is 24.3 Å². The number of unbranched alkanes of at least 4 members (excludes halogenated alkanes) is 5. The fourth-order valence-corrected chi connectivity index (χ4v) is 1.98. The molecular formula is C15H23ClO2. The molecule has 0 saturated carbocycles. The molecule has 102 valence electrons. The lowest BCUT2D eigenvalue weighted by Gasteiger charge is -2.04. The van der Waals surface area contributed by atoms with Crippen LogP contribution in [0.5, 0.6) is 5.75 Å². The van der Waals surface area contributed by atoms with Crippen LogP contribution in [0.3, 0.4) is 0 Å². The third-order valence-corrected chi connectivity index (χ3v) is 3.14. The van der Waals surface area contributed by atoms with Gasteiger partial charge >= 0.3 is 0 Å². The fraction of sp³-hybridized carbons (Fsp3) is 0.600. The first-order valence-corrected chi connectivity index (χ1v) is 7.28. The SMILES string of the molecule is Oc1ccc(COCCCCCCCCCl)cc1. The van der Waals surface area contributed by atoms with Crippen LogP contribution in [0.1, 0.15) is 44.1 Å². The Labute approximate surface area is 115 Å². The highest BCUT2D eigenvalue weighted by molar-refractivity contribution is 6.17. The maximum atomic E-state index is 9.14. The first-order chi connectivity index (χ1) is 8.83. The number of phenolic OH excluding ortho intramolecular Hbond substituents is 1. The van der Waals surface area contributed by atoms with Gasteiger partial charge in [0.25, 0.3) is 0 Å². The summed E-state index contributed by atoms with van der Waals surface area (Å²) in [5.74, 6) is 1.09. The van der Waals surface area contributed by atoms with Gasteiger partial charge in [-0.15, -0.1) is 11.6 Å². The van der Waals surface area contributed by atoms with Gasteiger partial charge in [0, 0.05) is 12.5 Å². The third-order valence-electron chi connectivity index (χ3n) is 2.88. The Kier molecular flexibility index (Phi) is 8.70. The number of aromatic hydroxyl groups is 1. The summed E-state index contributed by atoms with van der Waals surface area (Å²) in [4.78, 5) is 0. The van der Waals surface area contributed by atoms with E-state index in [-0.39, 0.29) is 0 Å². The number of hydrogen-bond donors (Lipinski definition) is 1. The molecule has 0 aliphatic rings. The van der Waals surface area contributed by atoms with Crippen molar-refractivity contribution in [1.82, 2.24) is 0 Å². The Morgan fingerprint density at radius 2 is 1.50 bits per heavy atom. The normalized spacial score (nSPS) is 10.7. The molecule has 3 heteroatoms. The van der Waals surface area contributed by atoms with Crippen molar-refractivity contribution in [3.05, 3.63) is 29.8 Å². The average molecular weight is 271 g/mol. The van der Waals surface area contributed by atoms with Crippen molar-refractivity contribution in [2.24, 2.45) is 0 Å². The monoisotopic (exact) mass is 270 g/mol. The number of alkyl halides is 1. The molecule has 1 N–H and O–H groups in total. The van der Waals surface area contributed by atoms with Crippen LogP contribution in [0.4, 0.5) is 0 Å². The van der Waals surface area contributed by atoms with Gasteiger partial charge in [-0.25, -0.2) is 0 Å². The number of benzene rings is 1. The number of ether oxygens (including phenoxy) is 1. The first kappa shape index (κ1) is 15.3. The van der Waals surface area contributed by atoms with Crippen molar-refractivity contribution in [3.8, 4) is 5.75 Å². The lowest BCUT2D eigenvalue weighted by molar-refractivity contribution is 0.116. The molecule has 0 bridgehead atoms. The highest BCUT2D eigenvalue weighted by Crippen LogP contribution is 2.11. The van der Waals surface area contributed by atoms with Gasteiger partial charge in [-0.3, -0.25) is 0 Å². The van der Waals surface area contributed by atoms with E-state index in [1.165, 1.54) is 25.7 Å². The second-order valence-electron chi connectivity index (χ2n) is 4.53. The topological polar surface area (TPSA) is 29.5 Å². The van der Waals surface area contributed by atoms with E-state index in [1.807, 2.05) is 12.1 Å². The highest BCUT2D eigenvalue weighted by atomic mass is 35.5. The standard InChI is InChI=1S/C15H23ClO2/c16-11-5-3-1-2-4-6-12-18-13-14-7-9-15(17)10-8-14/h7-10,17H,1-6,11-13H2. The summed E-state index contributed by atoms with van der Waals surface area (Å²) in [6, 6.07) is 7.16.